The van der Waals surface area contributed by atoms with Gasteiger partial charge in [-0.05, 0) is 36.6 Å². The highest BCUT2D eigenvalue weighted by Crippen LogP contribution is 2.25. The van der Waals surface area contributed by atoms with E-state index in [1.165, 1.54) is 22.4 Å². The number of nitrogens with two attached hydrogens (primary N) is 1. The second-order valence-electron chi connectivity index (χ2n) is 5.30. The molecule has 0 aliphatic rings. The van der Waals surface area contributed by atoms with E-state index in [9.17, 15) is 0 Å². The van der Waals surface area contributed by atoms with Crippen LogP contribution in [0, 0.1) is 6.92 Å². The van der Waals surface area contributed by atoms with Gasteiger partial charge < -0.3 is 10.6 Å². The number of anilines is 1. The van der Waals surface area contributed by atoms with E-state index in [4.69, 9.17) is 5.73 Å². The van der Waals surface area contributed by atoms with E-state index in [0.717, 1.165) is 6.42 Å². The zero-order valence-corrected chi connectivity index (χ0v) is 12.6. The summed E-state index contributed by atoms with van der Waals surface area (Å²) in [5.41, 5.74) is 11.1. The number of likely N-dealkylation sites (N-methyl/N-ethyl adjacent to an activating group) is 1. The molecule has 1 atom stereocenters. The number of hydrogen-bond acceptors (Lipinski definition) is 2. The molecule has 1 unspecified atom stereocenters. The standard InChI is InChI=1S/C18H24N2/c1-4-15-8-10-17(11-9-15)20(3)18(13-19)16-7-5-6-14(2)12-16/h5-12,18H,4,13,19H2,1-3H3. The SMILES string of the molecule is CCc1ccc(N(C)C(CN)c2cccc(C)c2)cc1. The van der Waals surface area contributed by atoms with Crippen molar-refractivity contribution >= 4 is 5.69 Å². The van der Waals surface area contributed by atoms with Gasteiger partial charge in [-0.25, -0.2) is 0 Å². The lowest BCUT2D eigenvalue weighted by Gasteiger charge is -2.30. The van der Waals surface area contributed by atoms with E-state index in [0.29, 0.717) is 6.54 Å². The van der Waals surface area contributed by atoms with Crippen molar-refractivity contribution in [2.75, 3.05) is 18.5 Å². The lowest BCUT2D eigenvalue weighted by Crippen LogP contribution is -2.30. The fourth-order valence-corrected chi connectivity index (χ4v) is 2.54. The summed E-state index contributed by atoms with van der Waals surface area (Å²) in [5.74, 6) is 0. The number of hydrogen-bond donors (Lipinski definition) is 1. The largest absolute Gasteiger partial charge is 0.366 e. The van der Waals surface area contributed by atoms with Crippen LogP contribution in [0.2, 0.25) is 0 Å². The quantitative estimate of drug-likeness (QED) is 0.896. The van der Waals surface area contributed by atoms with Crippen molar-refractivity contribution in [3.05, 3.63) is 65.2 Å². The molecule has 2 heteroatoms. The Morgan fingerprint density at radius 1 is 1.10 bits per heavy atom. The van der Waals surface area contributed by atoms with Crippen LogP contribution < -0.4 is 10.6 Å². The lowest BCUT2D eigenvalue weighted by atomic mass is 10.0. The molecule has 0 saturated carbocycles. The van der Waals surface area contributed by atoms with E-state index < -0.39 is 0 Å². The first-order valence-corrected chi connectivity index (χ1v) is 7.24. The fourth-order valence-electron chi connectivity index (χ4n) is 2.54. The molecule has 0 spiro atoms. The minimum atomic E-state index is 0.211. The Labute approximate surface area is 122 Å². The number of nitrogens with zero attached hydrogens (tertiary/aromatic N) is 1. The molecule has 2 nitrogen and oxygen atoms in total. The van der Waals surface area contributed by atoms with Gasteiger partial charge >= 0.3 is 0 Å². The maximum Gasteiger partial charge on any atom is 0.0661 e. The van der Waals surface area contributed by atoms with Gasteiger partial charge in [0.15, 0.2) is 0 Å². The molecule has 2 rings (SSSR count). The zero-order chi connectivity index (χ0) is 14.5. The molecule has 0 aliphatic heterocycles. The van der Waals surface area contributed by atoms with E-state index in [-0.39, 0.29) is 6.04 Å². The third-order valence-electron chi connectivity index (χ3n) is 3.87. The third-order valence-corrected chi connectivity index (χ3v) is 3.87. The minimum absolute atomic E-state index is 0.211. The third kappa shape index (κ3) is 3.20. The molecule has 106 valence electrons. The first kappa shape index (κ1) is 14.6. The fraction of sp³-hybridized carbons (Fsp3) is 0.333. The second-order valence-corrected chi connectivity index (χ2v) is 5.30. The van der Waals surface area contributed by atoms with Crippen LogP contribution in [-0.2, 0) is 6.42 Å². The van der Waals surface area contributed by atoms with Gasteiger partial charge in [0.2, 0.25) is 0 Å². The highest BCUT2D eigenvalue weighted by atomic mass is 15.1. The van der Waals surface area contributed by atoms with Crippen molar-refractivity contribution in [1.29, 1.82) is 0 Å². The maximum absolute atomic E-state index is 6.01. The predicted molar refractivity (Wildman–Crippen MR) is 87.2 cm³/mol. The van der Waals surface area contributed by atoms with Crippen LogP contribution >= 0.6 is 0 Å². The summed E-state index contributed by atoms with van der Waals surface area (Å²) in [4.78, 5) is 2.26. The van der Waals surface area contributed by atoms with Gasteiger partial charge in [0, 0.05) is 19.3 Å². The average Bonchev–Trinajstić information content (AvgIpc) is 2.48. The number of aryl methyl sites for hydroxylation is 2. The predicted octanol–water partition coefficient (Wildman–Crippen LogP) is 3.69. The molecule has 0 bridgehead atoms. The molecule has 0 aliphatic carbocycles. The highest BCUT2D eigenvalue weighted by molar-refractivity contribution is 5.49. The van der Waals surface area contributed by atoms with Gasteiger partial charge in [-0.2, -0.15) is 0 Å². The van der Waals surface area contributed by atoms with Crippen LogP contribution in [0.5, 0.6) is 0 Å². The van der Waals surface area contributed by atoms with Crippen molar-refractivity contribution in [1.82, 2.24) is 0 Å². The van der Waals surface area contributed by atoms with Crippen molar-refractivity contribution in [3.63, 3.8) is 0 Å². The van der Waals surface area contributed by atoms with Gasteiger partial charge in [-0.3, -0.25) is 0 Å². The van der Waals surface area contributed by atoms with Gasteiger partial charge in [-0.1, -0.05) is 48.9 Å². The van der Waals surface area contributed by atoms with Gasteiger partial charge in [0.05, 0.1) is 6.04 Å². The number of rotatable bonds is 5. The average molecular weight is 268 g/mol. The molecule has 20 heavy (non-hydrogen) atoms. The molecule has 2 aromatic rings. The minimum Gasteiger partial charge on any atom is -0.366 e. The monoisotopic (exact) mass is 268 g/mol. The Hall–Kier alpha value is -1.80. The Balaban J connectivity index is 2.26. The molecule has 0 saturated heterocycles. The Morgan fingerprint density at radius 2 is 1.80 bits per heavy atom. The second kappa shape index (κ2) is 6.58. The van der Waals surface area contributed by atoms with Crippen LogP contribution in [0.4, 0.5) is 5.69 Å². The summed E-state index contributed by atoms with van der Waals surface area (Å²) >= 11 is 0. The summed E-state index contributed by atoms with van der Waals surface area (Å²) in [6.45, 7) is 4.90. The van der Waals surface area contributed by atoms with E-state index >= 15 is 0 Å². The Morgan fingerprint density at radius 3 is 2.35 bits per heavy atom. The van der Waals surface area contributed by atoms with Crippen molar-refractivity contribution < 1.29 is 0 Å². The Kier molecular flexibility index (Phi) is 4.80. The smallest absolute Gasteiger partial charge is 0.0661 e. The van der Waals surface area contributed by atoms with E-state index in [1.54, 1.807) is 0 Å². The zero-order valence-electron chi connectivity index (χ0n) is 12.6. The summed E-state index contributed by atoms with van der Waals surface area (Å²) in [6, 6.07) is 17.5. The van der Waals surface area contributed by atoms with Crippen LogP contribution in [0.1, 0.15) is 29.7 Å². The molecular weight excluding hydrogens is 244 g/mol. The first-order valence-electron chi connectivity index (χ1n) is 7.24. The molecular formula is C18H24N2. The maximum atomic E-state index is 6.01. The molecule has 2 aromatic carbocycles. The Bertz CT molecular complexity index is 546. The van der Waals surface area contributed by atoms with E-state index in [2.05, 4.69) is 74.3 Å². The highest BCUT2D eigenvalue weighted by Gasteiger charge is 2.15. The molecule has 0 radical (unpaired) electrons. The summed E-state index contributed by atoms with van der Waals surface area (Å²) in [5, 5.41) is 0. The van der Waals surface area contributed by atoms with Crippen LogP contribution in [-0.4, -0.2) is 13.6 Å². The van der Waals surface area contributed by atoms with Gasteiger partial charge in [0.25, 0.3) is 0 Å². The molecule has 0 aromatic heterocycles. The number of benzene rings is 2. The molecule has 2 N–H and O–H groups in total. The van der Waals surface area contributed by atoms with Crippen molar-refractivity contribution in [2.45, 2.75) is 26.3 Å². The molecule has 0 amide bonds. The van der Waals surface area contributed by atoms with Crippen LogP contribution in [0.3, 0.4) is 0 Å². The van der Waals surface area contributed by atoms with Gasteiger partial charge in [0.1, 0.15) is 0 Å². The lowest BCUT2D eigenvalue weighted by molar-refractivity contribution is 0.680. The normalized spacial score (nSPS) is 12.2. The molecule has 0 heterocycles. The topological polar surface area (TPSA) is 29.3 Å². The van der Waals surface area contributed by atoms with Crippen molar-refractivity contribution in [2.24, 2.45) is 5.73 Å². The van der Waals surface area contributed by atoms with Gasteiger partial charge in [-0.15, -0.1) is 0 Å². The first-order chi connectivity index (χ1) is 9.65. The van der Waals surface area contributed by atoms with Crippen molar-refractivity contribution in [3.8, 4) is 0 Å². The summed E-state index contributed by atoms with van der Waals surface area (Å²) in [7, 11) is 2.11. The van der Waals surface area contributed by atoms with Crippen LogP contribution in [0.25, 0.3) is 0 Å². The van der Waals surface area contributed by atoms with Crippen LogP contribution in [0.15, 0.2) is 48.5 Å². The summed E-state index contributed by atoms with van der Waals surface area (Å²) < 4.78 is 0. The molecule has 0 fully saturated rings. The van der Waals surface area contributed by atoms with E-state index in [1.807, 2.05) is 0 Å². The summed E-state index contributed by atoms with van der Waals surface area (Å²) in [6.07, 6.45) is 1.07.